The number of carbonyl (C=O) groups is 4. The van der Waals surface area contributed by atoms with Gasteiger partial charge in [-0.15, -0.1) is 0 Å². The van der Waals surface area contributed by atoms with E-state index in [1.807, 2.05) is 54.6 Å². The van der Waals surface area contributed by atoms with Crippen LogP contribution in [0, 0.1) is 11.3 Å². The lowest BCUT2D eigenvalue weighted by atomic mass is 10.1. The number of nitriles is 1. The van der Waals surface area contributed by atoms with Crippen LogP contribution in [0.25, 0.3) is 22.5 Å². The molecule has 3 aromatic carbocycles. The first-order valence-electron chi connectivity index (χ1n) is 20.2. The molecule has 0 unspecified atom stereocenters. The Hall–Kier alpha value is -7.59. The summed E-state index contributed by atoms with van der Waals surface area (Å²) >= 11 is 0. The van der Waals surface area contributed by atoms with Crippen molar-refractivity contribution < 1.29 is 47.6 Å². The van der Waals surface area contributed by atoms with Gasteiger partial charge in [0.25, 0.3) is 0 Å². The van der Waals surface area contributed by atoms with E-state index >= 15 is 0 Å². The van der Waals surface area contributed by atoms with Crippen molar-refractivity contribution in [3.8, 4) is 51.6 Å². The van der Waals surface area contributed by atoms with Gasteiger partial charge < -0.3 is 28.4 Å². The van der Waals surface area contributed by atoms with E-state index in [-0.39, 0.29) is 28.2 Å². The van der Waals surface area contributed by atoms with Gasteiger partial charge in [0.05, 0.1) is 60.6 Å². The lowest BCUT2D eigenvalue weighted by molar-refractivity contribution is -0.138. The predicted octanol–water partition coefficient (Wildman–Crippen LogP) is 9.46. The highest BCUT2D eigenvalue weighted by Gasteiger charge is 2.18. The molecule has 2 aromatic heterocycles. The van der Waals surface area contributed by atoms with Crippen LogP contribution in [0.2, 0.25) is 0 Å². The Labute approximate surface area is 360 Å². The fourth-order valence-corrected chi connectivity index (χ4v) is 5.83. The number of ether oxygens (including phenoxy) is 6. The Balaban J connectivity index is 1.09. The summed E-state index contributed by atoms with van der Waals surface area (Å²) in [6.45, 7) is 8.63. The van der Waals surface area contributed by atoms with Gasteiger partial charge in [0.2, 0.25) is 0 Å². The quantitative estimate of drug-likeness (QED) is 0.0249. The summed E-state index contributed by atoms with van der Waals surface area (Å²) < 4.78 is 32.9. The molecular formula is C49H47N3O10. The number of rotatable bonds is 24. The maximum atomic E-state index is 13.2. The smallest absolute Gasteiger partial charge is 0.345 e. The van der Waals surface area contributed by atoms with Gasteiger partial charge in [0.15, 0.2) is 11.5 Å². The Morgan fingerprint density at radius 2 is 0.968 bits per heavy atom. The highest BCUT2D eigenvalue weighted by atomic mass is 16.6. The number of pyridine rings is 2. The lowest BCUT2D eigenvalue weighted by Crippen LogP contribution is -2.13. The number of hydrogen-bond donors (Lipinski definition) is 0. The minimum absolute atomic E-state index is 0.0607. The van der Waals surface area contributed by atoms with Crippen LogP contribution in [0.5, 0.6) is 23.0 Å². The van der Waals surface area contributed by atoms with Gasteiger partial charge in [-0.1, -0.05) is 13.2 Å². The number of unbranched alkanes of at least 4 members (excludes halogenated alkanes) is 6. The molecule has 62 heavy (non-hydrogen) atoms. The molecule has 0 amide bonds. The monoisotopic (exact) mass is 837 g/mol. The van der Waals surface area contributed by atoms with Gasteiger partial charge in [-0.2, -0.15) is 5.26 Å². The number of aromatic nitrogens is 2. The number of benzene rings is 3. The van der Waals surface area contributed by atoms with Gasteiger partial charge in [-0.3, -0.25) is 9.97 Å². The largest absolute Gasteiger partial charge is 0.494 e. The van der Waals surface area contributed by atoms with Crippen LogP contribution in [0.1, 0.15) is 77.6 Å². The molecule has 0 bridgehead atoms. The van der Waals surface area contributed by atoms with Gasteiger partial charge in [-0.25, -0.2) is 19.2 Å². The second-order valence-corrected chi connectivity index (χ2v) is 13.7. The van der Waals surface area contributed by atoms with Crippen molar-refractivity contribution in [3.05, 3.63) is 145 Å². The molecule has 0 saturated carbocycles. The van der Waals surface area contributed by atoms with E-state index in [9.17, 15) is 24.4 Å². The zero-order valence-corrected chi connectivity index (χ0v) is 34.3. The van der Waals surface area contributed by atoms with E-state index in [1.54, 1.807) is 24.3 Å². The third kappa shape index (κ3) is 14.6. The SMILES string of the molecule is C=CC(=O)OCCCCCCOc1ccc(-c2ccc(C(=O)Oc3ccc(C#N)cc3OC(=O)c3ccc(-c4ccc(OCCCCCCOC(=O)C=C)cc4)nc3)cn2)cc1. The average Bonchev–Trinajstić information content (AvgIpc) is 3.31. The van der Waals surface area contributed by atoms with E-state index in [2.05, 4.69) is 23.1 Å². The summed E-state index contributed by atoms with van der Waals surface area (Å²) in [6.07, 6.45) is 12.1. The molecule has 0 spiro atoms. The van der Waals surface area contributed by atoms with E-state index < -0.39 is 23.9 Å². The number of hydrogen-bond acceptors (Lipinski definition) is 13. The maximum Gasteiger partial charge on any atom is 0.345 e. The highest BCUT2D eigenvalue weighted by Crippen LogP contribution is 2.31. The van der Waals surface area contributed by atoms with Crippen LogP contribution in [-0.4, -0.2) is 60.3 Å². The van der Waals surface area contributed by atoms with Gasteiger partial charge >= 0.3 is 23.9 Å². The Bertz CT molecular complexity index is 2320. The van der Waals surface area contributed by atoms with Gasteiger partial charge in [-0.05, 0) is 136 Å². The van der Waals surface area contributed by atoms with Crippen molar-refractivity contribution in [1.82, 2.24) is 9.97 Å². The number of esters is 4. The second kappa shape index (κ2) is 24.5. The molecule has 0 aliphatic carbocycles. The minimum Gasteiger partial charge on any atom is -0.494 e. The molecule has 0 N–H and O–H groups in total. The molecule has 0 saturated heterocycles. The first-order chi connectivity index (χ1) is 30.3. The third-order valence-corrected chi connectivity index (χ3v) is 9.21. The van der Waals surface area contributed by atoms with Crippen LogP contribution in [0.4, 0.5) is 0 Å². The van der Waals surface area contributed by atoms with Crippen molar-refractivity contribution in [3.63, 3.8) is 0 Å². The molecule has 13 nitrogen and oxygen atoms in total. The summed E-state index contributed by atoms with van der Waals surface area (Å²) in [5, 5.41) is 9.51. The summed E-state index contributed by atoms with van der Waals surface area (Å²) in [5.74, 6) is -1.06. The second-order valence-electron chi connectivity index (χ2n) is 13.7. The number of carbonyl (C=O) groups excluding carboxylic acids is 4. The topological polar surface area (TPSA) is 173 Å². The Morgan fingerprint density at radius 1 is 0.532 bits per heavy atom. The van der Waals surface area contributed by atoms with Crippen molar-refractivity contribution in [2.24, 2.45) is 0 Å². The molecule has 0 fully saturated rings. The van der Waals surface area contributed by atoms with E-state index in [0.29, 0.717) is 37.8 Å². The molecular weight excluding hydrogens is 791 g/mol. The molecule has 0 atom stereocenters. The fraction of sp³-hybridized carbons (Fsp3) is 0.245. The van der Waals surface area contributed by atoms with Crippen molar-refractivity contribution in [2.75, 3.05) is 26.4 Å². The van der Waals surface area contributed by atoms with Crippen molar-refractivity contribution in [2.45, 2.75) is 51.4 Å². The van der Waals surface area contributed by atoms with Crippen LogP contribution in [-0.2, 0) is 19.1 Å². The van der Waals surface area contributed by atoms with E-state index in [0.717, 1.165) is 86.1 Å². The van der Waals surface area contributed by atoms with Crippen molar-refractivity contribution >= 4 is 23.9 Å². The minimum atomic E-state index is -0.763. The molecule has 0 aliphatic rings. The summed E-state index contributed by atoms with van der Waals surface area (Å²) in [7, 11) is 0. The first kappa shape index (κ1) is 45.5. The van der Waals surface area contributed by atoms with Gasteiger partial charge in [0, 0.05) is 41.7 Å². The molecule has 5 aromatic rings. The summed E-state index contributed by atoms with van der Waals surface area (Å²) in [4.78, 5) is 57.5. The Morgan fingerprint density at radius 3 is 1.37 bits per heavy atom. The highest BCUT2D eigenvalue weighted by molar-refractivity contribution is 5.93. The first-order valence-corrected chi connectivity index (χ1v) is 20.2. The molecule has 2 heterocycles. The van der Waals surface area contributed by atoms with E-state index in [4.69, 9.17) is 28.4 Å². The van der Waals surface area contributed by atoms with Crippen molar-refractivity contribution in [1.29, 1.82) is 5.26 Å². The maximum absolute atomic E-state index is 13.2. The molecule has 13 heteroatoms. The number of nitrogens with zero attached hydrogens (tertiary/aromatic N) is 3. The Kier molecular flexibility index (Phi) is 18.0. The predicted molar refractivity (Wildman–Crippen MR) is 231 cm³/mol. The summed E-state index contributed by atoms with van der Waals surface area (Å²) in [5.41, 5.74) is 3.38. The van der Waals surface area contributed by atoms with Crippen LogP contribution in [0.3, 0.4) is 0 Å². The van der Waals surface area contributed by atoms with Gasteiger partial charge in [0.1, 0.15) is 11.5 Å². The van der Waals surface area contributed by atoms with Crippen LogP contribution >= 0.6 is 0 Å². The van der Waals surface area contributed by atoms with Crippen LogP contribution < -0.4 is 18.9 Å². The standard InChI is InChI=1S/C49H47N3O10/c1-3-46(53)59-29-11-7-5-9-27-57-40-20-14-36(15-21-40)42-24-18-38(33-51-42)48(55)61-44-26-13-35(32-50)31-45(44)62-49(56)39-19-25-43(52-34-39)37-16-22-41(23-17-37)58-28-10-6-8-12-30-60-47(54)4-2/h3-4,13-26,31,33-34H,1-2,5-12,27-30H2. The molecule has 5 rings (SSSR count). The zero-order valence-electron chi connectivity index (χ0n) is 34.3. The summed E-state index contributed by atoms with van der Waals surface area (Å²) in [6, 6.07) is 27.6. The van der Waals surface area contributed by atoms with Crippen LogP contribution in [0.15, 0.2) is 129 Å². The molecule has 0 aliphatic heterocycles. The third-order valence-electron chi connectivity index (χ3n) is 9.21. The fourth-order valence-electron chi connectivity index (χ4n) is 5.83. The average molecular weight is 838 g/mol. The van der Waals surface area contributed by atoms with E-state index in [1.165, 1.54) is 30.6 Å². The zero-order chi connectivity index (χ0) is 43.9. The molecule has 0 radical (unpaired) electrons. The molecule has 318 valence electrons. The normalized spacial score (nSPS) is 10.4. The lowest BCUT2D eigenvalue weighted by Gasteiger charge is -2.11.